The summed E-state index contributed by atoms with van der Waals surface area (Å²) >= 11 is 0. The summed E-state index contributed by atoms with van der Waals surface area (Å²) in [6, 6.07) is 1.41. The third-order valence-electron chi connectivity index (χ3n) is 5.83. The van der Waals surface area contributed by atoms with Gasteiger partial charge in [0.15, 0.2) is 5.82 Å². The quantitative estimate of drug-likeness (QED) is 0.896. The Kier molecular flexibility index (Phi) is 2.89. The van der Waals surface area contributed by atoms with Crippen LogP contribution in [0.4, 0.5) is 0 Å². The minimum Gasteiger partial charge on any atom is -0.337 e. The van der Waals surface area contributed by atoms with Gasteiger partial charge in [0, 0.05) is 18.0 Å². The number of fused-ring (bicyclic) bond motifs is 2. The Morgan fingerprint density at radius 3 is 2.50 bits per heavy atom. The van der Waals surface area contributed by atoms with Gasteiger partial charge in [-0.25, -0.2) is 0 Å². The van der Waals surface area contributed by atoms with E-state index < -0.39 is 0 Å². The van der Waals surface area contributed by atoms with E-state index in [9.17, 15) is 0 Å². The normalized spacial score (nSPS) is 36.6. The fourth-order valence-electron chi connectivity index (χ4n) is 4.45. The molecule has 0 amide bonds. The number of piperidine rings is 1. The largest absolute Gasteiger partial charge is 0.337 e. The molecule has 3 heterocycles. The Labute approximate surface area is 119 Å². The molecule has 2 bridgehead atoms. The van der Waals surface area contributed by atoms with Crippen molar-refractivity contribution in [3.8, 4) is 0 Å². The van der Waals surface area contributed by atoms with Gasteiger partial charge in [-0.05, 0) is 45.6 Å². The van der Waals surface area contributed by atoms with Gasteiger partial charge in [-0.3, -0.25) is 0 Å². The summed E-state index contributed by atoms with van der Waals surface area (Å²) < 4.78 is 5.52. The van der Waals surface area contributed by atoms with Crippen LogP contribution in [0.1, 0.15) is 69.0 Å². The van der Waals surface area contributed by atoms with E-state index in [-0.39, 0.29) is 5.54 Å². The molecule has 2 aliphatic heterocycles. The maximum absolute atomic E-state index is 6.41. The first-order valence-electron chi connectivity index (χ1n) is 8.01. The lowest BCUT2D eigenvalue weighted by atomic mass is 9.90. The first-order valence-corrected chi connectivity index (χ1v) is 8.01. The number of rotatable bonds is 2. The van der Waals surface area contributed by atoms with E-state index in [1.54, 1.807) is 0 Å². The number of aromatic nitrogens is 2. The molecular weight excluding hydrogens is 252 g/mol. The van der Waals surface area contributed by atoms with Gasteiger partial charge < -0.3 is 15.2 Å². The maximum Gasteiger partial charge on any atom is 0.246 e. The van der Waals surface area contributed by atoms with E-state index in [1.807, 2.05) is 0 Å². The van der Waals surface area contributed by atoms with Crippen molar-refractivity contribution in [1.29, 1.82) is 0 Å². The molecule has 2 N–H and O–H groups in total. The SMILES string of the molecule is CN1C2CCC1CC(c1noc(C3(N)CCCC3)n1)C2. The molecule has 20 heavy (non-hydrogen) atoms. The van der Waals surface area contributed by atoms with Crippen LogP contribution in [0.5, 0.6) is 0 Å². The van der Waals surface area contributed by atoms with E-state index in [0.717, 1.165) is 18.7 Å². The second-order valence-electron chi connectivity index (χ2n) is 7.04. The van der Waals surface area contributed by atoms with Gasteiger partial charge in [-0.2, -0.15) is 4.98 Å². The van der Waals surface area contributed by atoms with Gasteiger partial charge in [0.1, 0.15) is 0 Å². The molecule has 1 aromatic heterocycles. The van der Waals surface area contributed by atoms with Crippen LogP contribution in [0.15, 0.2) is 4.52 Å². The zero-order valence-corrected chi connectivity index (χ0v) is 12.2. The van der Waals surface area contributed by atoms with Crippen molar-refractivity contribution >= 4 is 0 Å². The highest BCUT2D eigenvalue weighted by molar-refractivity contribution is 5.09. The van der Waals surface area contributed by atoms with Gasteiger partial charge in [-0.15, -0.1) is 0 Å². The van der Waals surface area contributed by atoms with Crippen LogP contribution in [0.25, 0.3) is 0 Å². The fourth-order valence-corrected chi connectivity index (χ4v) is 4.45. The van der Waals surface area contributed by atoms with Crippen molar-refractivity contribution in [2.24, 2.45) is 5.73 Å². The van der Waals surface area contributed by atoms with Gasteiger partial charge in [0.25, 0.3) is 0 Å². The zero-order chi connectivity index (χ0) is 13.7. The van der Waals surface area contributed by atoms with Gasteiger partial charge >= 0.3 is 0 Å². The Morgan fingerprint density at radius 1 is 1.20 bits per heavy atom. The maximum atomic E-state index is 6.41. The summed E-state index contributed by atoms with van der Waals surface area (Å²) in [7, 11) is 2.26. The number of hydrogen-bond acceptors (Lipinski definition) is 5. The van der Waals surface area contributed by atoms with Crippen LogP contribution in [0.3, 0.4) is 0 Å². The second kappa shape index (κ2) is 4.53. The highest BCUT2D eigenvalue weighted by atomic mass is 16.5. The lowest BCUT2D eigenvalue weighted by Gasteiger charge is -2.34. The minimum atomic E-state index is -0.351. The van der Waals surface area contributed by atoms with Gasteiger partial charge in [-0.1, -0.05) is 18.0 Å². The molecule has 1 saturated carbocycles. The third-order valence-corrected chi connectivity index (χ3v) is 5.83. The third kappa shape index (κ3) is 1.91. The molecule has 2 unspecified atom stereocenters. The molecule has 3 fully saturated rings. The molecule has 0 aromatic carbocycles. The van der Waals surface area contributed by atoms with E-state index in [2.05, 4.69) is 22.1 Å². The van der Waals surface area contributed by atoms with Crippen molar-refractivity contribution in [3.63, 3.8) is 0 Å². The molecular formula is C15H24N4O. The summed E-state index contributed by atoms with van der Waals surface area (Å²) in [5, 5.41) is 4.27. The van der Waals surface area contributed by atoms with E-state index >= 15 is 0 Å². The van der Waals surface area contributed by atoms with Crippen LogP contribution in [0.2, 0.25) is 0 Å². The van der Waals surface area contributed by atoms with Crippen molar-refractivity contribution in [3.05, 3.63) is 11.7 Å². The molecule has 1 aromatic rings. The average molecular weight is 276 g/mol. The summed E-state index contributed by atoms with van der Waals surface area (Å²) in [4.78, 5) is 7.23. The molecule has 5 nitrogen and oxygen atoms in total. The van der Waals surface area contributed by atoms with Gasteiger partial charge in [0.2, 0.25) is 5.89 Å². The smallest absolute Gasteiger partial charge is 0.246 e. The predicted molar refractivity (Wildman–Crippen MR) is 75.2 cm³/mol. The number of hydrogen-bond donors (Lipinski definition) is 1. The second-order valence-corrected chi connectivity index (χ2v) is 7.04. The number of nitrogens with two attached hydrogens (primary N) is 1. The average Bonchev–Trinajstić information content (AvgIpc) is 3.11. The lowest BCUT2D eigenvalue weighted by molar-refractivity contribution is 0.157. The predicted octanol–water partition coefficient (Wildman–Crippen LogP) is 2.14. The first kappa shape index (κ1) is 12.8. The highest BCUT2D eigenvalue weighted by Crippen LogP contribution is 2.42. The first-order chi connectivity index (χ1) is 9.66. The van der Waals surface area contributed by atoms with Crippen LogP contribution >= 0.6 is 0 Å². The van der Waals surface area contributed by atoms with Crippen molar-refractivity contribution in [1.82, 2.24) is 15.0 Å². The van der Waals surface area contributed by atoms with E-state index in [1.165, 1.54) is 38.5 Å². The fraction of sp³-hybridized carbons (Fsp3) is 0.867. The Morgan fingerprint density at radius 2 is 1.85 bits per heavy atom. The summed E-state index contributed by atoms with van der Waals surface area (Å²) in [5.41, 5.74) is 6.06. The molecule has 3 aliphatic rings. The topological polar surface area (TPSA) is 68.2 Å². The molecule has 4 rings (SSSR count). The summed E-state index contributed by atoms with van der Waals surface area (Å²) in [5.74, 6) is 2.05. The van der Waals surface area contributed by atoms with Crippen molar-refractivity contribution in [2.45, 2.75) is 74.9 Å². The van der Waals surface area contributed by atoms with E-state index in [0.29, 0.717) is 23.9 Å². The monoisotopic (exact) mass is 276 g/mol. The summed E-state index contributed by atoms with van der Waals surface area (Å²) in [6.45, 7) is 0. The van der Waals surface area contributed by atoms with E-state index in [4.69, 9.17) is 10.3 Å². The standard InChI is InChI=1S/C15H24N4O/c1-19-11-4-5-12(19)9-10(8-11)13-17-14(20-18-13)15(16)6-2-3-7-15/h10-12H,2-9,16H2,1H3. The minimum absolute atomic E-state index is 0.351. The Hall–Kier alpha value is -0.940. The highest BCUT2D eigenvalue weighted by Gasteiger charge is 2.42. The Balaban J connectivity index is 1.54. The molecule has 110 valence electrons. The lowest BCUT2D eigenvalue weighted by Crippen LogP contribution is -2.39. The molecule has 0 radical (unpaired) electrons. The summed E-state index contributed by atoms with van der Waals surface area (Å²) in [6.07, 6.45) is 9.29. The van der Waals surface area contributed by atoms with Crippen LogP contribution < -0.4 is 5.73 Å². The number of nitrogens with zero attached hydrogens (tertiary/aromatic N) is 3. The van der Waals surface area contributed by atoms with Crippen molar-refractivity contribution < 1.29 is 4.52 Å². The zero-order valence-electron chi connectivity index (χ0n) is 12.2. The molecule has 1 aliphatic carbocycles. The van der Waals surface area contributed by atoms with Crippen LogP contribution in [-0.4, -0.2) is 34.2 Å². The van der Waals surface area contributed by atoms with Crippen LogP contribution in [0, 0.1) is 0 Å². The molecule has 5 heteroatoms. The van der Waals surface area contributed by atoms with Gasteiger partial charge in [0.05, 0.1) is 5.54 Å². The molecule has 0 spiro atoms. The van der Waals surface area contributed by atoms with Crippen molar-refractivity contribution in [2.75, 3.05) is 7.05 Å². The van der Waals surface area contributed by atoms with Crippen LogP contribution in [-0.2, 0) is 5.54 Å². The molecule has 2 saturated heterocycles. The Bertz CT molecular complexity index is 480. The molecule has 2 atom stereocenters.